The Hall–Kier alpha value is -1.81. The van der Waals surface area contributed by atoms with Gasteiger partial charge in [0, 0.05) is 30.1 Å². The molecule has 1 fully saturated rings. The van der Waals surface area contributed by atoms with E-state index in [4.69, 9.17) is 4.74 Å². The van der Waals surface area contributed by atoms with E-state index in [1.165, 1.54) is 10.9 Å². The highest BCUT2D eigenvalue weighted by molar-refractivity contribution is 5.84. The zero-order valence-corrected chi connectivity index (χ0v) is 12.4. The van der Waals surface area contributed by atoms with Crippen molar-refractivity contribution in [1.29, 1.82) is 0 Å². The van der Waals surface area contributed by atoms with Crippen molar-refractivity contribution in [2.24, 2.45) is 0 Å². The highest BCUT2D eigenvalue weighted by Crippen LogP contribution is 2.19. The number of nitrogens with one attached hydrogen (secondary N) is 2. The first-order valence-corrected chi connectivity index (χ1v) is 7.70. The Bertz CT molecular complexity index is 614. The maximum Gasteiger partial charge on any atom is 0.220 e. The Labute approximate surface area is 124 Å². The molecule has 1 amide bonds. The predicted molar refractivity (Wildman–Crippen MR) is 83.2 cm³/mol. The van der Waals surface area contributed by atoms with Gasteiger partial charge in [-0.2, -0.15) is 0 Å². The Morgan fingerprint density at radius 2 is 2.33 bits per heavy atom. The Morgan fingerprint density at radius 3 is 3.14 bits per heavy atom. The first-order chi connectivity index (χ1) is 10.2. The van der Waals surface area contributed by atoms with E-state index in [-0.39, 0.29) is 18.1 Å². The van der Waals surface area contributed by atoms with E-state index in [0.717, 1.165) is 31.4 Å². The van der Waals surface area contributed by atoms with E-state index in [2.05, 4.69) is 22.4 Å². The molecule has 1 aromatic carbocycles. The van der Waals surface area contributed by atoms with Crippen LogP contribution in [0.3, 0.4) is 0 Å². The Balaban J connectivity index is 1.53. The van der Waals surface area contributed by atoms with Crippen LogP contribution in [-0.4, -0.2) is 29.6 Å². The average Bonchev–Trinajstić information content (AvgIpc) is 3.15. The molecule has 2 aromatic rings. The number of aryl methyl sites for hydroxylation is 1. The molecule has 0 radical (unpaired) electrons. The van der Waals surface area contributed by atoms with Crippen molar-refractivity contribution in [2.75, 3.05) is 6.61 Å². The van der Waals surface area contributed by atoms with Gasteiger partial charge in [0.25, 0.3) is 0 Å². The Morgan fingerprint density at radius 1 is 1.48 bits per heavy atom. The van der Waals surface area contributed by atoms with Gasteiger partial charge in [0.05, 0.1) is 12.1 Å². The van der Waals surface area contributed by atoms with Gasteiger partial charge < -0.3 is 15.0 Å². The number of para-hydroxylation sites is 1. The molecule has 0 unspecified atom stereocenters. The average molecular weight is 286 g/mol. The fraction of sp³-hybridized carbons (Fsp3) is 0.471. The molecular weight excluding hydrogens is 264 g/mol. The number of rotatable bonds is 5. The van der Waals surface area contributed by atoms with Crippen molar-refractivity contribution in [3.8, 4) is 0 Å². The third-order valence-electron chi connectivity index (χ3n) is 4.21. The lowest BCUT2D eigenvalue weighted by atomic mass is 10.1. The minimum Gasteiger partial charge on any atom is -0.376 e. The van der Waals surface area contributed by atoms with Gasteiger partial charge in [-0.05, 0) is 37.8 Å². The Kier molecular flexibility index (Phi) is 4.25. The highest BCUT2D eigenvalue weighted by Gasteiger charge is 2.23. The van der Waals surface area contributed by atoms with E-state index < -0.39 is 0 Å². The number of benzene rings is 1. The molecular formula is C17H22N2O2. The quantitative estimate of drug-likeness (QED) is 0.888. The van der Waals surface area contributed by atoms with Crippen molar-refractivity contribution < 1.29 is 9.53 Å². The standard InChI is InChI=1S/C17H22N2O2/c1-12(16-7-4-10-21-16)19-17(20)9-8-13-11-18-15-6-3-2-5-14(13)15/h2-3,5-6,11-12,16,18H,4,7-10H2,1H3,(H,19,20)/t12-,16+/m1/s1. The van der Waals surface area contributed by atoms with Gasteiger partial charge in [0.1, 0.15) is 0 Å². The molecule has 0 saturated carbocycles. The zero-order valence-electron chi connectivity index (χ0n) is 12.4. The number of hydrogen-bond donors (Lipinski definition) is 2. The van der Waals surface area contributed by atoms with Crippen LogP contribution in [0.25, 0.3) is 10.9 Å². The van der Waals surface area contributed by atoms with E-state index >= 15 is 0 Å². The lowest BCUT2D eigenvalue weighted by Gasteiger charge is -2.19. The number of aromatic nitrogens is 1. The van der Waals surface area contributed by atoms with E-state index in [9.17, 15) is 4.79 Å². The molecule has 2 heterocycles. The lowest BCUT2D eigenvalue weighted by molar-refractivity contribution is -0.122. The van der Waals surface area contributed by atoms with Gasteiger partial charge in [-0.1, -0.05) is 18.2 Å². The summed E-state index contributed by atoms with van der Waals surface area (Å²) in [6.45, 7) is 2.85. The molecule has 3 rings (SSSR count). The molecule has 2 N–H and O–H groups in total. The first-order valence-electron chi connectivity index (χ1n) is 7.70. The van der Waals surface area contributed by atoms with Crippen molar-refractivity contribution in [3.05, 3.63) is 36.0 Å². The molecule has 0 bridgehead atoms. The molecule has 4 heteroatoms. The zero-order chi connectivity index (χ0) is 14.7. The predicted octanol–water partition coefficient (Wildman–Crippen LogP) is 2.78. The summed E-state index contributed by atoms with van der Waals surface area (Å²) in [7, 11) is 0. The largest absolute Gasteiger partial charge is 0.376 e. The second-order valence-corrected chi connectivity index (χ2v) is 5.77. The van der Waals surface area contributed by atoms with Crippen molar-refractivity contribution in [2.45, 2.75) is 44.8 Å². The molecule has 112 valence electrons. The molecule has 21 heavy (non-hydrogen) atoms. The van der Waals surface area contributed by atoms with Crippen molar-refractivity contribution in [1.82, 2.24) is 10.3 Å². The summed E-state index contributed by atoms with van der Waals surface area (Å²) in [5, 5.41) is 4.26. The molecule has 1 aromatic heterocycles. The maximum atomic E-state index is 12.1. The van der Waals surface area contributed by atoms with Gasteiger partial charge in [-0.25, -0.2) is 0 Å². The molecule has 1 saturated heterocycles. The number of carbonyl (C=O) groups is 1. The van der Waals surface area contributed by atoms with Crippen LogP contribution in [0, 0.1) is 0 Å². The summed E-state index contributed by atoms with van der Waals surface area (Å²) < 4.78 is 5.60. The fourth-order valence-corrected chi connectivity index (χ4v) is 3.00. The van der Waals surface area contributed by atoms with Crippen LogP contribution in [0.15, 0.2) is 30.5 Å². The third-order valence-corrected chi connectivity index (χ3v) is 4.21. The fourth-order valence-electron chi connectivity index (χ4n) is 3.00. The topological polar surface area (TPSA) is 54.1 Å². The molecule has 0 aliphatic carbocycles. The van der Waals surface area contributed by atoms with Crippen LogP contribution in [0.1, 0.15) is 31.7 Å². The first kappa shape index (κ1) is 14.1. The van der Waals surface area contributed by atoms with Crippen molar-refractivity contribution >= 4 is 16.8 Å². The number of carbonyl (C=O) groups excluding carboxylic acids is 1. The summed E-state index contributed by atoms with van der Waals surface area (Å²) in [6, 6.07) is 8.28. The normalized spacial score (nSPS) is 19.8. The second-order valence-electron chi connectivity index (χ2n) is 5.77. The summed E-state index contributed by atoms with van der Waals surface area (Å²) in [4.78, 5) is 15.3. The van der Waals surface area contributed by atoms with Crippen LogP contribution in [0.5, 0.6) is 0 Å². The third kappa shape index (κ3) is 3.27. The van der Waals surface area contributed by atoms with Gasteiger partial charge >= 0.3 is 0 Å². The maximum absolute atomic E-state index is 12.1. The molecule has 4 nitrogen and oxygen atoms in total. The number of aromatic amines is 1. The number of hydrogen-bond acceptors (Lipinski definition) is 2. The van der Waals surface area contributed by atoms with Gasteiger partial charge in [0.2, 0.25) is 5.91 Å². The van der Waals surface area contributed by atoms with Crippen molar-refractivity contribution in [3.63, 3.8) is 0 Å². The van der Waals surface area contributed by atoms with Crippen LogP contribution in [0.4, 0.5) is 0 Å². The molecule has 1 aliphatic rings. The van der Waals surface area contributed by atoms with Gasteiger partial charge in [-0.15, -0.1) is 0 Å². The van der Waals surface area contributed by atoms with Crippen LogP contribution < -0.4 is 5.32 Å². The lowest BCUT2D eigenvalue weighted by Crippen LogP contribution is -2.40. The van der Waals surface area contributed by atoms with E-state index in [1.807, 2.05) is 25.3 Å². The monoisotopic (exact) mass is 286 g/mol. The van der Waals surface area contributed by atoms with Gasteiger partial charge in [-0.3, -0.25) is 4.79 Å². The number of ether oxygens (including phenoxy) is 1. The molecule has 1 aliphatic heterocycles. The minimum atomic E-state index is 0.1000. The van der Waals surface area contributed by atoms with E-state index in [1.54, 1.807) is 0 Å². The summed E-state index contributed by atoms with van der Waals surface area (Å²) >= 11 is 0. The van der Waals surface area contributed by atoms with Crippen LogP contribution in [0.2, 0.25) is 0 Å². The van der Waals surface area contributed by atoms with Crippen LogP contribution in [-0.2, 0) is 16.0 Å². The summed E-state index contributed by atoms with van der Waals surface area (Å²) in [5.74, 6) is 0.100. The smallest absolute Gasteiger partial charge is 0.220 e. The molecule has 0 spiro atoms. The van der Waals surface area contributed by atoms with Crippen LogP contribution >= 0.6 is 0 Å². The summed E-state index contributed by atoms with van der Waals surface area (Å²) in [6.07, 6.45) is 5.60. The number of fused-ring (bicyclic) bond motifs is 1. The van der Waals surface area contributed by atoms with E-state index in [0.29, 0.717) is 6.42 Å². The number of amides is 1. The number of H-pyrrole nitrogens is 1. The summed E-state index contributed by atoms with van der Waals surface area (Å²) in [5.41, 5.74) is 2.33. The van der Waals surface area contributed by atoms with Gasteiger partial charge in [0.15, 0.2) is 0 Å². The second kappa shape index (κ2) is 6.31. The highest BCUT2D eigenvalue weighted by atomic mass is 16.5. The minimum absolute atomic E-state index is 0.1000. The SMILES string of the molecule is C[C@@H](NC(=O)CCc1c[nH]c2ccccc12)[C@@H]1CCCO1. The molecule has 2 atom stereocenters.